The molecule has 5 heteroatoms. The molecule has 0 saturated carbocycles. The summed E-state index contributed by atoms with van der Waals surface area (Å²) in [7, 11) is 0. The van der Waals surface area contributed by atoms with Crippen molar-refractivity contribution in [1.82, 2.24) is 9.97 Å². The Morgan fingerprint density at radius 2 is 1.31 bits per heavy atom. The number of hydrogen-bond donors (Lipinski definition) is 0. The topological polar surface area (TPSA) is 42.9 Å². The van der Waals surface area contributed by atoms with Gasteiger partial charge in [0.05, 0.1) is 12.4 Å². The molecule has 3 nitrogen and oxygen atoms in total. The minimum Gasteiger partial charge on any atom is -0.285 e. The fourth-order valence-electron chi connectivity index (χ4n) is 1.15. The first kappa shape index (κ1) is 10.4. The fourth-order valence-corrected chi connectivity index (χ4v) is 1.15. The van der Waals surface area contributed by atoms with Gasteiger partial charge in [0, 0.05) is 0 Å². The zero-order valence-corrected chi connectivity index (χ0v) is 8.02. The van der Waals surface area contributed by atoms with Crippen LogP contribution in [0, 0.1) is 11.6 Å². The average Bonchev–Trinajstić information content (AvgIpc) is 2.30. The van der Waals surface area contributed by atoms with Gasteiger partial charge in [0.1, 0.15) is 23.0 Å². The van der Waals surface area contributed by atoms with Crippen molar-refractivity contribution < 1.29 is 13.6 Å². The molecule has 0 unspecified atom stereocenters. The second-order valence-corrected chi connectivity index (χ2v) is 3.05. The molecule has 16 heavy (non-hydrogen) atoms. The van der Waals surface area contributed by atoms with Gasteiger partial charge >= 0.3 is 0 Å². The normalized spacial score (nSPS) is 10.1. The van der Waals surface area contributed by atoms with Crippen LogP contribution in [-0.4, -0.2) is 15.8 Å². The Balaban J connectivity index is 2.32. The van der Waals surface area contributed by atoms with E-state index in [0.717, 1.165) is 24.5 Å². The summed E-state index contributed by atoms with van der Waals surface area (Å²) in [5.41, 5.74) is 0.140. The summed E-state index contributed by atoms with van der Waals surface area (Å²) < 4.78 is 25.1. The Hall–Kier alpha value is -2.17. The number of carbonyl (C=O) groups excluding carboxylic acids is 1. The van der Waals surface area contributed by atoms with Crippen LogP contribution in [0.2, 0.25) is 0 Å². The third kappa shape index (κ3) is 2.08. The highest BCUT2D eigenvalue weighted by atomic mass is 19.1. The Morgan fingerprint density at radius 1 is 0.875 bits per heavy atom. The molecule has 0 amide bonds. The molecule has 80 valence electrons. The van der Waals surface area contributed by atoms with E-state index >= 15 is 0 Å². The van der Waals surface area contributed by atoms with Gasteiger partial charge in [-0.1, -0.05) is 0 Å². The molecule has 0 atom stereocenters. The maximum Gasteiger partial charge on any atom is 0.229 e. The molecule has 2 aromatic rings. The molecule has 0 spiro atoms. The second-order valence-electron chi connectivity index (χ2n) is 3.05. The maximum absolute atomic E-state index is 12.6. The van der Waals surface area contributed by atoms with Crippen LogP contribution in [-0.2, 0) is 0 Å². The highest BCUT2D eigenvalue weighted by Crippen LogP contribution is 2.06. The first-order valence-corrected chi connectivity index (χ1v) is 4.44. The minimum atomic E-state index is -0.524. The number of halogens is 2. The van der Waals surface area contributed by atoms with E-state index in [4.69, 9.17) is 0 Å². The highest BCUT2D eigenvalue weighted by molar-refractivity contribution is 6.06. The van der Waals surface area contributed by atoms with E-state index in [1.807, 2.05) is 0 Å². The molecule has 0 aliphatic rings. The van der Waals surface area contributed by atoms with Crippen LogP contribution in [0.25, 0.3) is 0 Å². The first-order valence-electron chi connectivity index (χ1n) is 4.44. The molecule has 0 aliphatic carbocycles. The summed E-state index contributed by atoms with van der Waals surface area (Å²) in [6.07, 6.45) is 1.88. The molecule has 0 saturated heterocycles. The standard InChI is InChI=1S/C11H6F2N2O/c12-7-1-3-9(14-5-7)11(16)10-4-2-8(13)6-15-10/h1-6H. The SMILES string of the molecule is O=C(c1ccc(F)cn1)c1ccc(F)cn1. The number of ketones is 1. The predicted octanol–water partition coefficient (Wildman–Crippen LogP) is 1.99. The Kier molecular flexibility index (Phi) is 2.68. The van der Waals surface area contributed by atoms with Gasteiger partial charge in [-0.15, -0.1) is 0 Å². The van der Waals surface area contributed by atoms with Gasteiger partial charge in [-0.2, -0.15) is 0 Å². The van der Waals surface area contributed by atoms with Gasteiger partial charge in [-0.3, -0.25) is 4.79 Å². The zero-order valence-electron chi connectivity index (χ0n) is 8.02. The van der Waals surface area contributed by atoms with Gasteiger partial charge in [0.25, 0.3) is 0 Å². The molecule has 0 aliphatic heterocycles. The molecule has 0 N–H and O–H groups in total. The van der Waals surface area contributed by atoms with Gasteiger partial charge in [0.2, 0.25) is 5.78 Å². The largest absolute Gasteiger partial charge is 0.285 e. The lowest BCUT2D eigenvalue weighted by molar-refractivity contribution is 0.102. The smallest absolute Gasteiger partial charge is 0.229 e. The van der Waals surface area contributed by atoms with E-state index in [2.05, 4.69) is 9.97 Å². The van der Waals surface area contributed by atoms with E-state index in [-0.39, 0.29) is 11.4 Å². The van der Waals surface area contributed by atoms with Crippen LogP contribution in [0.4, 0.5) is 8.78 Å². The molecular weight excluding hydrogens is 214 g/mol. The lowest BCUT2D eigenvalue weighted by atomic mass is 10.2. The van der Waals surface area contributed by atoms with Crippen LogP contribution in [0.5, 0.6) is 0 Å². The van der Waals surface area contributed by atoms with Crippen molar-refractivity contribution in [3.05, 3.63) is 59.7 Å². The van der Waals surface area contributed by atoms with E-state index < -0.39 is 17.4 Å². The molecule has 2 rings (SSSR count). The lowest BCUT2D eigenvalue weighted by Crippen LogP contribution is -2.06. The third-order valence-electron chi connectivity index (χ3n) is 1.92. The number of aromatic nitrogens is 2. The van der Waals surface area contributed by atoms with E-state index in [9.17, 15) is 13.6 Å². The number of nitrogens with zero attached hydrogens (tertiary/aromatic N) is 2. The fraction of sp³-hybridized carbons (Fsp3) is 0. The molecule has 2 heterocycles. The van der Waals surface area contributed by atoms with Crippen molar-refractivity contribution in [1.29, 1.82) is 0 Å². The van der Waals surface area contributed by atoms with Crippen molar-refractivity contribution in [2.45, 2.75) is 0 Å². The van der Waals surface area contributed by atoms with Crippen LogP contribution in [0.15, 0.2) is 36.7 Å². The minimum absolute atomic E-state index is 0.0699. The molecular formula is C11H6F2N2O. The molecule has 0 aromatic carbocycles. The average molecular weight is 220 g/mol. The first-order chi connectivity index (χ1) is 7.66. The van der Waals surface area contributed by atoms with Crippen LogP contribution >= 0.6 is 0 Å². The van der Waals surface area contributed by atoms with Crippen LogP contribution < -0.4 is 0 Å². The summed E-state index contributed by atoms with van der Waals surface area (Å²) >= 11 is 0. The van der Waals surface area contributed by atoms with E-state index in [1.54, 1.807) is 0 Å². The number of rotatable bonds is 2. The van der Waals surface area contributed by atoms with E-state index in [0.29, 0.717) is 0 Å². The Morgan fingerprint density at radius 3 is 1.62 bits per heavy atom. The lowest BCUT2D eigenvalue weighted by Gasteiger charge is -1.98. The zero-order chi connectivity index (χ0) is 11.5. The maximum atomic E-state index is 12.6. The third-order valence-corrected chi connectivity index (χ3v) is 1.92. The number of carbonyl (C=O) groups is 1. The van der Waals surface area contributed by atoms with Crippen molar-refractivity contribution in [3.8, 4) is 0 Å². The molecule has 0 radical (unpaired) electrons. The van der Waals surface area contributed by atoms with Crippen LogP contribution in [0.3, 0.4) is 0 Å². The number of pyridine rings is 2. The quantitative estimate of drug-likeness (QED) is 0.727. The van der Waals surface area contributed by atoms with E-state index in [1.165, 1.54) is 12.1 Å². The monoisotopic (exact) mass is 220 g/mol. The van der Waals surface area contributed by atoms with Crippen molar-refractivity contribution in [2.75, 3.05) is 0 Å². The second kappa shape index (κ2) is 4.14. The molecule has 2 aromatic heterocycles. The molecule has 0 bridgehead atoms. The highest BCUT2D eigenvalue weighted by Gasteiger charge is 2.11. The Labute approximate surface area is 89.8 Å². The summed E-state index contributed by atoms with van der Waals surface area (Å²) in [5.74, 6) is -1.52. The summed E-state index contributed by atoms with van der Waals surface area (Å²) in [5, 5.41) is 0. The molecule has 0 fully saturated rings. The van der Waals surface area contributed by atoms with Crippen molar-refractivity contribution in [2.24, 2.45) is 0 Å². The van der Waals surface area contributed by atoms with Gasteiger partial charge in [-0.05, 0) is 24.3 Å². The predicted molar refractivity (Wildman–Crippen MR) is 51.8 cm³/mol. The van der Waals surface area contributed by atoms with Gasteiger partial charge in [0.15, 0.2) is 0 Å². The summed E-state index contributed by atoms with van der Waals surface area (Å²) in [6.45, 7) is 0. The summed E-state index contributed by atoms with van der Waals surface area (Å²) in [6, 6.07) is 4.76. The van der Waals surface area contributed by atoms with Crippen LogP contribution in [0.1, 0.15) is 16.2 Å². The van der Waals surface area contributed by atoms with Gasteiger partial charge < -0.3 is 0 Å². The van der Waals surface area contributed by atoms with Gasteiger partial charge in [-0.25, -0.2) is 18.7 Å². The number of hydrogen-bond acceptors (Lipinski definition) is 3. The Bertz CT molecular complexity index is 461. The summed E-state index contributed by atoms with van der Waals surface area (Å²) in [4.78, 5) is 18.9. The van der Waals surface area contributed by atoms with Crippen molar-refractivity contribution >= 4 is 5.78 Å². The van der Waals surface area contributed by atoms with Crippen molar-refractivity contribution in [3.63, 3.8) is 0 Å².